The fourth-order valence-electron chi connectivity index (χ4n) is 1.70. The maximum absolute atomic E-state index is 9.32. The van der Waals surface area contributed by atoms with Crippen molar-refractivity contribution in [2.24, 2.45) is 5.73 Å². The number of nitrogens with zero attached hydrogens (tertiary/aromatic N) is 1. The van der Waals surface area contributed by atoms with Crippen LogP contribution in [0, 0.1) is 18.3 Å². The average Bonchev–Trinajstić information content (AvgIpc) is 2.44. The number of nitriles is 1. The number of rotatable bonds is 3. The summed E-state index contributed by atoms with van der Waals surface area (Å²) >= 11 is 1.36. The molecule has 0 aromatic heterocycles. The first kappa shape index (κ1) is 14.0. The molecular weight excluding hydrogens is 266 g/mol. The number of hydrogen-bond donors (Lipinski definition) is 2. The zero-order valence-corrected chi connectivity index (χ0v) is 11.9. The molecule has 4 heteroatoms. The lowest BCUT2D eigenvalue weighted by atomic mass is 10.1. The van der Waals surface area contributed by atoms with E-state index < -0.39 is 0 Å². The minimum Gasteiger partial charge on any atom is -0.399 e. The molecule has 0 saturated carbocycles. The second-order valence-electron chi connectivity index (χ2n) is 4.39. The van der Waals surface area contributed by atoms with Crippen LogP contribution in [0.4, 0.5) is 5.69 Å². The first-order valence-electron chi connectivity index (χ1n) is 6.10. The van der Waals surface area contributed by atoms with Crippen LogP contribution in [-0.2, 0) is 0 Å². The Morgan fingerprint density at radius 2 is 1.65 bits per heavy atom. The van der Waals surface area contributed by atoms with Gasteiger partial charge in [-0.15, -0.1) is 0 Å². The molecule has 20 heavy (non-hydrogen) atoms. The smallest absolute Gasteiger partial charge is 0.103 e. The normalized spacial score (nSPS) is 11.6. The maximum Gasteiger partial charge on any atom is 0.103 e. The predicted octanol–water partition coefficient (Wildman–Crippen LogP) is 3.52. The van der Waals surface area contributed by atoms with Gasteiger partial charge in [-0.2, -0.15) is 5.26 Å². The lowest BCUT2D eigenvalue weighted by molar-refractivity contribution is 1.42. The number of thioether (sulfide) groups is 1. The highest BCUT2D eigenvalue weighted by Crippen LogP contribution is 2.29. The van der Waals surface area contributed by atoms with Gasteiger partial charge in [0.2, 0.25) is 0 Å². The third-order valence-electron chi connectivity index (χ3n) is 2.81. The molecule has 100 valence electrons. The number of aryl methyl sites for hydroxylation is 1. The van der Waals surface area contributed by atoms with E-state index in [0.717, 1.165) is 16.0 Å². The zero-order valence-electron chi connectivity index (χ0n) is 11.1. The van der Waals surface area contributed by atoms with E-state index in [0.29, 0.717) is 16.3 Å². The van der Waals surface area contributed by atoms with Crippen molar-refractivity contribution >= 4 is 23.0 Å². The van der Waals surface area contributed by atoms with E-state index in [-0.39, 0.29) is 0 Å². The van der Waals surface area contributed by atoms with E-state index in [4.69, 9.17) is 11.5 Å². The molecule has 0 aliphatic carbocycles. The van der Waals surface area contributed by atoms with Gasteiger partial charge in [-0.1, -0.05) is 41.6 Å². The molecule has 0 radical (unpaired) electrons. The number of nitrogen functional groups attached to an aromatic ring is 1. The monoisotopic (exact) mass is 281 g/mol. The van der Waals surface area contributed by atoms with Crippen molar-refractivity contribution in [3.63, 3.8) is 0 Å². The van der Waals surface area contributed by atoms with Crippen molar-refractivity contribution in [3.05, 3.63) is 64.7 Å². The zero-order chi connectivity index (χ0) is 14.5. The van der Waals surface area contributed by atoms with Crippen molar-refractivity contribution in [2.75, 3.05) is 5.73 Å². The first-order valence-corrected chi connectivity index (χ1v) is 6.92. The van der Waals surface area contributed by atoms with Crippen LogP contribution in [0.3, 0.4) is 0 Å². The lowest BCUT2D eigenvalue weighted by Gasteiger charge is -2.06. The molecule has 0 heterocycles. The molecule has 2 rings (SSSR count). The highest BCUT2D eigenvalue weighted by atomic mass is 32.2. The lowest BCUT2D eigenvalue weighted by Crippen LogP contribution is -1.97. The van der Waals surface area contributed by atoms with Crippen LogP contribution in [-0.4, -0.2) is 0 Å². The summed E-state index contributed by atoms with van der Waals surface area (Å²) in [7, 11) is 0. The summed E-state index contributed by atoms with van der Waals surface area (Å²) in [5.41, 5.74) is 14.9. The molecule has 2 aromatic carbocycles. The molecule has 0 aliphatic heterocycles. The molecule has 0 amide bonds. The van der Waals surface area contributed by atoms with Crippen LogP contribution in [0.2, 0.25) is 0 Å². The first-order chi connectivity index (χ1) is 9.60. The van der Waals surface area contributed by atoms with Crippen molar-refractivity contribution in [1.82, 2.24) is 0 Å². The summed E-state index contributed by atoms with van der Waals surface area (Å²) in [6.45, 7) is 2.01. The molecular formula is C16H15N3S. The number of nitrogens with two attached hydrogens (primary N) is 2. The van der Waals surface area contributed by atoms with E-state index >= 15 is 0 Å². The van der Waals surface area contributed by atoms with Gasteiger partial charge in [0, 0.05) is 10.6 Å². The van der Waals surface area contributed by atoms with E-state index in [1.54, 1.807) is 0 Å². The minimum absolute atomic E-state index is 0.487. The van der Waals surface area contributed by atoms with E-state index in [9.17, 15) is 5.26 Å². The Bertz CT molecular complexity index is 664. The SMILES string of the molecule is Cc1ccc(/C(C#N)=C(\N)Sc2ccc(N)cc2)cc1. The van der Waals surface area contributed by atoms with Crippen LogP contribution in [0.5, 0.6) is 0 Å². The van der Waals surface area contributed by atoms with Gasteiger partial charge in [0.25, 0.3) is 0 Å². The van der Waals surface area contributed by atoms with Gasteiger partial charge < -0.3 is 11.5 Å². The summed E-state index contributed by atoms with van der Waals surface area (Å²) in [6.07, 6.45) is 0. The summed E-state index contributed by atoms with van der Waals surface area (Å²) < 4.78 is 0. The number of benzene rings is 2. The van der Waals surface area contributed by atoms with Gasteiger partial charge in [0.15, 0.2) is 0 Å². The summed E-state index contributed by atoms with van der Waals surface area (Å²) in [4.78, 5) is 0.955. The Hall–Kier alpha value is -2.38. The third-order valence-corrected chi connectivity index (χ3v) is 3.74. The van der Waals surface area contributed by atoms with Crippen molar-refractivity contribution < 1.29 is 0 Å². The van der Waals surface area contributed by atoms with Crippen LogP contribution in [0.1, 0.15) is 11.1 Å². The quantitative estimate of drug-likeness (QED) is 0.513. The summed E-state index contributed by atoms with van der Waals surface area (Å²) in [6, 6.07) is 17.3. The Kier molecular flexibility index (Phi) is 4.34. The molecule has 4 N–H and O–H groups in total. The fraction of sp³-hybridized carbons (Fsp3) is 0.0625. The van der Waals surface area contributed by atoms with Crippen LogP contribution >= 0.6 is 11.8 Å². The molecule has 0 unspecified atom stereocenters. The van der Waals surface area contributed by atoms with E-state index in [1.807, 2.05) is 55.5 Å². The van der Waals surface area contributed by atoms with Gasteiger partial charge >= 0.3 is 0 Å². The van der Waals surface area contributed by atoms with Crippen LogP contribution in [0.25, 0.3) is 5.57 Å². The Labute approximate surface area is 122 Å². The van der Waals surface area contributed by atoms with E-state index in [1.165, 1.54) is 11.8 Å². The standard InChI is InChI=1S/C16H15N3S/c1-11-2-4-12(5-3-11)15(10-17)16(19)20-14-8-6-13(18)7-9-14/h2-9H,18-19H2,1H3/b16-15+. The summed E-state index contributed by atoms with van der Waals surface area (Å²) in [5.74, 6) is 0. The molecule has 0 aliphatic rings. The van der Waals surface area contributed by atoms with Crippen molar-refractivity contribution in [2.45, 2.75) is 11.8 Å². The van der Waals surface area contributed by atoms with Gasteiger partial charge in [0.1, 0.15) is 6.07 Å². The predicted molar refractivity (Wildman–Crippen MR) is 84.6 cm³/mol. The van der Waals surface area contributed by atoms with Crippen molar-refractivity contribution in [1.29, 1.82) is 5.26 Å². The molecule has 0 spiro atoms. The summed E-state index contributed by atoms with van der Waals surface area (Å²) in [5, 5.41) is 9.81. The maximum atomic E-state index is 9.32. The Balaban J connectivity index is 2.30. The average molecular weight is 281 g/mol. The molecule has 3 nitrogen and oxygen atoms in total. The second-order valence-corrected chi connectivity index (χ2v) is 5.50. The number of anilines is 1. The van der Waals surface area contributed by atoms with E-state index in [2.05, 4.69) is 6.07 Å². The highest BCUT2D eigenvalue weighted by molar-refractivity contribution is 8.03. The molecule has 0 bridgehead atoms. The van der Waals surface area contributed by atoms with Crippen molar-refractivity contribution in [3.8, 4) is 6.07 Å². The third kappa shape index (κ3) is 3.34. The van der Waals surface area contributed by atoms with Gasteiger partial charge in [-0.3, -0.25) is 0 Å². The van der Waals surface area contributed by atoms with Gasteiger partial charge in [-0.25, -0.2) is 0 Å². The molecule has 0 atom stereocenters. The molecule has 2 aromatic rings. The Morgan fingerprint density at radius 3 is 2.20 bits per heavy atom. The number of allylic oxidation sites excluding steroid dienone is 1. The van der Waals surface area contributed by atoms with Crippen LogP contribution < -0.4 is 11.5 Å². The number of hydrogen-bond acceptors (Lipinski definition) is 4. The highest BCUT2D eigenvalue weighted by Gasteiger charge is 2.08. The second kappa shape index (κ2) is 6.18. The van der Waals surface area contributed by atoms with Crippen LogP contribution in [0.15, 0.2) is 58.5 Å². The Morgan fingerprint density at radius 1 is 1.05 bits per heavy atom. The topological polar surface area (TPSA) is 75.8 Å². The minimum atomic E-state index is 0.487. The van der Waals surface area contributed by atoms with Gasteiger partial charge in [0.05, 0.1) is 10.6 Å². The fourth-order valence-corrected chi connectivity index (χ4v) is 2.49. The largest absolute Gasteiger partial charge is 0.399 e. The van der Waals surface area contributed by atoms with Gasteiger partial charge in [-0.05, 0) is 36.8 Å². The molecule has 0 saturated heterocycles. The molecule has 0 fully saturated rings.